The number of nitrogen functional groups attached to an aromatic ring is 1. The molecular formula is C12H19N7O. The van der Waals surface area contributed by atoms with E-state index < -0.39 is 0 Å². The van der Waals surface area contributed by atoms with Gasteiger partial charge in [0.15, 0.2) is 0 Å². The van der Waals surface area contributed by atoms with E-state index in [1.54, 1.807) is 18.5 Å². The third kappa shape index (κ3) is 3.41. The zero-order valence-corrected chi connectivity index (χ0v) is 11.6. The zero-order chi connectivity index (χ0) is 14.5. The first-order chi connectivity index (χ1) is 9.60. The number of aliphatic hydroxyl groups is 1. The van der Waals surface area contributed by atoms with Crippen LogP contribution in [0.5, 0.6) is 0 Å². The number of aromatic nitrogens is 5. The standard InChI is InChI=1S/C12H19N7O/c1-8(2)9(4-7-20)15-11-16-10(13)17-12(18-11)19-6-3-5-14-19/h3,5-6,8-9,20H,4,7H2,1-2H3,(H3,13,15,16,17,18). The van der Waals surface area contributed by atoms with E-state index >= 15 is 0 Å². The summed E-state index contributed by atoms with van der Waals surface area (Å²) in [7, 11) is 0. The first-order valence-corrected chi connectivity index (χ1v) is 6.49. The summed E-state index contributed by atoms with van der Waals surface area (Å²) in [4.78, 5) is 12.4. The molecule has 0 saturated carbocycles. The van der Waals surface area contributed by atoms with Crippen LogP contribution in [0, 0.1) is 5.92 Å². The van der Waals surface area contributed by atoms with Crippen molar-refractivity contribution in [3.63, 3.8) is 0 Å². The Morgan fingerprint density at radius 1 is 1.35 bits per heavy atom. The van der Waals surface area contributed by atoms with Crippen molar-refractivity contribution in [1.82, 2.24) is 24.7 Å². The Hall–Kier alpha value is -2.22. The molecule has 0 aliphatic heterocycles. The summed E-state index contributed by atoms with van der Waals surface area (Å²) >= 11 is 0. The molecule has 2 heterocycles. The average molecular weight is 277 g/mol. The second kappa shape index (κ2) is 6.29. The van der Waals surface area contributed by atoms with E-state index in [0.29, 0.717) is 24.2 Å². The van der Waals surface area contributed by atoms with Crippen molar-refractivity contribution in [3.05, 3.63) is 18.5 Å². The smallest absolute Gasteiger partial charge is 0.257 e. The molecule has 0 saturated heterocycles. The van der Waals surface area contributed by atoms with Crippen LogP contribution in [-0.2, 0) is 0 Å². The molecule has 4 N–H and O–H groups in total. The van der Waals surface area contributed by atoms with Crippen LogP contribution in [0.3, 0.4) is 0 Å². The first kappa shape index (κ1) is 14.2. The van der Waals surface area contributed by atoms with Crippen LogP contribution in [0.1, 0.15) is 20.3 Å². The van der Waals surface area contributed by atoms with Gasteiger partial charge in [0.25, 0.3) is 5.95 Å². The zero-order valence-electron chi connectivity index (χ0n) is 11.6. The third-order valence-corrected chi connectivity index (χ3v) is 2.91. The van der Waals surface area contributed by atoms with Crippen LogP contribution in [0.15, 0.2) is 18.5 Å². The summed E-state index contributed by atoms with van der Waals surface area (Å²) in [6.07, 6.45) is 3.97. The lowest BCUT2D eigenvalue weighted by Crippen LogP contribution is -2.28. The van der Waals surface area contributed by atoms with Crippen molar-refractivity contribution in [3.8, 4) is 5.95 Å². The molecule has 1 atom stereocenters. The SMILES string of the molecule is CC(C)C(CCO)Nc1nc(N)nc(-n2cccn2)n1. The van der Waals surface area contributed by atoms with Crippen LogP contribution in [0.25, 0.3) is 5.95 Å². The Bertz CT molecular complexity index is 541. The van der Waals surface area contributed by atoms with Crippen LogP contribution in [0.2, 0.25) is 0 Å². The van der Waals surface area contributed by atoms with Gasteiger partial charge in [-0.05, 0) is 18.4 Å². The highest BCUT2D eigenvalue weighted by Gasteiger charge is 2.15. The predicted octanol–water partition coefficient (Wildman–Crippen LogP) is 0.458. The summed E-state index contributed by atoms with van der Waals surface area (Å²) in [6.45, 7) is 4.22. The van der Waals surface area contributed by atoms with Crippen molar-refractivity contribution < 1.29 is 5.11 Å². The lowest BCUT2D eigenvalue weighted by molar-refractivity contribution is 0.267. The highest BCUT2D eigenvalue weighted by molar-refractivity contribution is 5.35. The van der Waals surface area contributed by atoms with E-state index in [4.69, 9.17) is 10.8 Å². The Kier molecular flexibility index (Phi) is 4.46. The molecule has 0 aliphatic carbocycles. The minimum absolute atomic E-state index is 0.0623. The average Bonchev–Trinajstić information content (AvgIpc) is 2.91. The molecule has 20 heavy (non-hydrogen) atoms. The van der Waals surface area contributed by atoms with E-state index in [9.17, 15) is 0 Å². The molecule has 1 unspecified atom stereocenters. The van der Waals surface area contributed by atoms with E-state index in [1.807, 2.05) is 0 Å². The van der Waals surface area contributed by atoms with Gasteiger partial charge in [-0.1, -0.05) is 13.8 Å². The number of aliphatic hydroxyl groups excluding tert-OH is 1. The molecule has 2 rings (SSSR count). The molecule has 0 aromatic carbocycles. The Morgan fingerprint density at radius 2 is 2.15 bits per heavy atom. The maximum atomic E-state index is 9.09. The Morgan fingerprint density at radius 3 is 2.75 bits per heavy atom. The van der Waals surface area contributed by atoms with E-state index in [-0.39, 0.29) is 18.6 Å². The third-order valence-electron chi connectivity index (χ3n) is 2.91. The summed E-state index contributed by atoms with van der Waals surface area (Å²) in [5.41, 5.74) is 5.70. The van der Waals surface area contributed by atoms with Gasteiger partial charge in [-0.2, -0.15) is 20.1 Å². The van der Waals surface area contributed by atoms with Crippen LogP contribution in [-0.4, -0.2) is 42.5 Å². The molecular weight excluding hydrogens is 258 g/mol. The normalized spacial score (nSPS) is 12.6. The van der Waals surface area contributed by atoms with Gasteiger partial charge in [-0.25, -0.2) is 4.68 Å². The minimum atomic E-state index is 0.0623. The molecule has 8 heteroatoms. The van der Waals surface area contributed by atoms with Gasteiger partial charge in [0.05, 0.1) is 0 Å². The van der Waals surface area contributed by atoms with Crippen molar-refractivity contribution in [2.75, 3.05) is 17.7 Å². The van der Waals surface area contributed by atoms with Gasteiger partial charge in [0, 0.05) is 25.0 Å². The van der Waals surface area contributed by atoms with Gasteiger partial charge in [0.2, 0.25) is 11.9 Å². The maximum absolute atomic E-state index is 9.09. The minimum Gasteiger partial charge on any atom is -0.396 e. The number of nitrogens with one attached hydrogen (secondary N) is 1. The highest BCUT2D eigenvalue weighted by atomic mass is 16.3. The lowest BCUT2D eigenvalue weighted by Gasteiger charge is -2.21. The molecule has 0 spiro atoms. The number of nitrogens with two attached hydrogens (primary N) is 1. The first-order valence-electron chi connectivity index (χ1n) is 6.49. The van der Waals surface area contributed by atoms with Gasteiger partial charge < -0.3 is 16.2 Å². The van der Waals surface area contributed by atoms with E-state index in [1.165, 1.54) is 4.68 Å². The molecule has 0 fully saturated rings. The molecule has 0 amide bonds. The molecule has 0 radical (unpaired) electrons. The summed E-state index contributed by atoms with van der Waals surface area (Å²) in [5, 5.41) is 16.3. The molecule has 2 aromatic heterocycles. The number of anilines is 2. The second-order valence-electron chi connectivity index (χ2n) is 4.77. The molecule has 8 nitrogen and oxygen atoms in total. The maximum Gasteiger partial charge on any atom is 0.257 e. The van der Waals surface area contributed by atoms with Crippen LogP contribution in [0.4, 0.5) is 11.9 Å². The largest absolute Gasteiger partial charge is 0.396 e. The number of hydrogen-bond acceptors (Lipinski definition) is 7. The van der Waals surface area contributed by atoms with Crippen molar-refractivity contribution in [2.24, 2.45) is 5.92 Å². The van der Waals surface area contributed by atoms with Gasteiger partial charge in [0.1, 0.15) is 0 Å². The Labute approximate surface area is 117 Å². The van der Waals surface area contributed by atoms with Gasteiger partial charge in [-0.3, -0.25) is 0 Å². The van der Waals surface area contributed by atoms with Crippen molar-refractivity contribution in [2.45, 2.75) is 26.3 Å². The number of hydrogen-bond donors (Lipinski definition) is 3. The predicted molar refractivity (Wildman–Crippen MR) is 75.3 cm³/mol. The summed E-state index contributed by atoms with van der Waals surface area (Å²) in [6, 6.07) is 1.84. The molecule has 0 bridgehead atoms. The lowest BCUT2D eigenvalue weighted by atomic mass is 10.0. The van der Waals surface area contributed by atoms with Gasteiger partial charge >= 0.3 is 0 Å². The van der Waals surface area contributed by atoms with Crippen LogP contribution >= 0.6 is 0 Å². The summed E-state index contributed by atoms with van der Waals surface area (Å²) < 4.78 is 1.51. The molecule has 0 aliphatic rings. The molecule has 108 valence electrons. The fraction of sp³-hybridized carbons (Fsp3) is 0.500. The topological polar surface area (TPSA) is 115 Å². The van der Waals surface area contributed by atoms with E-state index in [2.05, 4.69) is 39.2 Å². The highest BCUT2D eigenvalue weighted by Crippen LogP contribution is 2.13. The number of nitrogens with zero attached hydrogens (tertiary/aromatic N) is 5. The Balaban J connectivity index is 2.23. The fourth-order valence-electron chi connectivity index (χ4n) is 1.81. The van der Waals surface area contributed by atoms with Crippen molar-refractivity contribution >= 4 is 11.9 Å². The van der Waals surface area contributed by atoms with E-state index in [0.717, 1.165) is 0 Å². The summed E-state index contributed by atoms with van der Waals surface area (Å²) in [5.74, 6) is 1.19. The quantitative estimate of drug-likeness (QED) is 0.702. The fourth-order valence-corrected chi connectivity index (χ4v) is 1.81. The second-order valence-corrected chi connectivity index (χ2v) is 4.77. The monoisotopic (exact) mass is 277 g/mol. The van der Waals surface area contributed by atoms with Crippen LogP contribution < -0.4 is 11.1 Å². The van der Waals surface area contributed by atoms with Crippen molar-refractivity contribution in [1.29, 1.82) is 0 Å². The molecule has 2 aromatic rings. The number of rotatable bonds is 6. The van der Waals surface area contributed by atoms with Gasteiger partial charge in [-0.15, -0.1) is 0 Å².